The van der Waals surface area contributed by atoms with Crippen molar-refractivity contribution in [2.45, 2.75) is 120 Å². The molecule has 0 spiro atoms. The van der Waals surface area contributed by atoms with Gasteiger partial charge in [0, 0.05) is 1.43 Å². The van der Waals surface area contributed by atoms with Crippen LogP contribution in [0.1, 0.15) is 121 Å². The zero-order valence-corrected chi connectivity index (χ0v) is 21.9. The number of hydrogen-bond acceptors (Lipinski definition) is 0. The lowest BCUT2D eigenvalue weighted by Crippen LogP contribution is -2.50. The summed E-state index contributed by atoms with van der Waals surface area (Å²) in [5.74, 6) is 4.02. The van der Waals surface area contributed by atoms with E-state index >= 15 is 0 Å². The fraction of sp³-hybridized carbons (Fsp3) is 0.800. The van der Waals surface area contributed by atoms with E-state index in [1.54, 1.807) is 11.6 Å². The molecule has 0 aliphatic heterocycles. The van der Waals surface area contributed by atoms with Crippen LogP contribution in [-0.2, 0) is 0 Å². The third-order valence-electron chi connectivity index (χ3n) is 8.77. The van der Waals surface area contributed by atoms with Crippen molar-refractivity contribution in [1.82, 2.24) is 0 Å². The molecule has 30 heavy (non-hydrogen) atoms. The lowest BCUT2D eigenvalue weighted by molar-refractivity contribution is -0.0502. The van der Waals surface area contributed by atoms with Gasteiger partial charge >= 0.3 is 0 Å². The molecule has 4 aliphatic carbocycles. The second-order valence-corrected chi connectivity index (χ2v) is 10.5. The Bertz CT molecular complexity index is 573. The summed E-state index contributed by atoms with van der Waals surface area (Å²) < 4.78 is 0. The minimum absolute atomic E-state index is 0. The van der Waals surface area contributed by atoms with Crippen molar-refractivity contribution in [2.24, 2.45) is 34.5 Å². The fourth-order valence-corrected chi connectivity index (χ4v) is 7.43. The highest BCUT2D eigenvalue weighted by Gasteiger charge is 2.58. The average molecular weight is 417 g/mol. The quantitative estimate of drug-likeness (QED) is 0.373. The first kappa shape index (κ1) is 27.3. The van der Waals surface area contributed by atoms with Gasteiger partial charge in [0.25, 0.3) is 0 Å². The van der Waals surface area contributed by atoms with Gasteiger partial charge in [-0.25, -0.2) is 0 Å². The van der Waals surface area contributed by atoms with E-state index in [0.717, 1.165) is 23.7 Å². The fourth-order valence-electron chi connectivity index (χ4n) is 7.43. The maximum atomic E-state index is 4.25. The summed E-state index contributed by atoms with van der Waals surface area (Å²) in [6.07, 6.45) is 18.4. The van der Waals surface area contributed by atoms with Gasteiger partial charge in [-0.2, -0.15) is 0 Å². The lowest BCUT2D eigenvalue weighted by Gasteiger charge is -2.58. The minimum atomic E-state index is 0. The van der Waals surface area contributed by atoms with E-state index in [2.05, 4.69) is 53.9 Å². The molecule has 0 radical (unpaired) electrons. The van der Waals surface area contributed by atoms with Crippen LogP contribution < -0.4 is 0 Å². The molecule has 3 fully saturated rings. The topological polar surface area (TPSA) is 0 Å². The van der Waals surface area contributed by atoms with Gasteiger partial charge in [-0.15, -0.1) is 6.58 Å². The monoisotopic (exact) mass is 416 g/mol. The van der Waals surface area contributed by atoms with Crippen LogP contribution >= 0.6 is 0 Å². The molecule has 0 amide bonds. The van der Waals surface area contributed by atoms with Crippen molar-refractivity contribution in [2.75, 3.05) is 0 Å². The molecule has 3 saturated carbocycles. The van der Waals surface area contributed by atoms with Crippen LogP contribution in [0.3, 0.4) is 0 Å². The van der Waals surface area contributed by atoms with E-state index in [1.165, 1.54) is 69.8 Å². The maximum absolute atomic E-state index is 4.25. The summed E-state index contributed by atoms with van der Waals surface area (Å²) in [5, 5.41) is 0. The molecule has 0 heterocycles. The second-order valence-electron chi connectivity index (χ2n) is 10.5. The molecule has 0 heteroatoms. The molecule has 0 aromatic heterocycles. The van der Waals surface area contributed by atoms with E-state index in [9.17, 15) is 0 Å². The van der Waals surface area contributed by atoms with Crippen molar-refractivity contribution in [1.29, 1.82) is 0 Å². The largest absolute Gasteiger partial charge is 0.103 e. The standard InChI is InChI=1S/C22H34.C3H8.C3H6.C2H6.H2/c1-5-16-7-9-19-18-8-6-17-14-15(2)10-12-22(17,4)20(18)11-13-21(16,19)3;2*1-3-2;1-2;/h14,16,18-20H,2,5-13H2,1,3-4H3;3H2,1-2H3;3H,1H2,2H3;1-2H3;1H. The van der Waals surface area contributed by atoms with E-state index in [1.807, 2.05) is 20.8 Å². The molecule has 0 aromatic rings. The van der Waals surface area contributed by atoms with Gasteiger partial charge < -0.3 is 0 Å². The second kappa shape index (κ2) is 12.3. The van der Waals surface area contributed by atoms with Gasteiger partial charge in [0.15, 0.2) is 0 Å². The highest BCUT2D eigenvalue weighted by atomic mass is 14.6. The van der Waals surface area contributed by atoms with E-state index in [4.69, 9.17) is 0 Å². The molecule has 0 saturated heterocycles. The number of fused-ring (bicyclic) bond motifs is 5. The summed E-state index contributed by atoms with van der Waals surface area (Å²) >= 11 is 0. The van der Waals surface area contributed by atoms with Crippen molar-refractivity contribution in [3.05, 3.63) is 36.5 Å². The van der Waals surface area contributed by atoms with E-state index in [-0.39, 0.29) is 1.43 Å². The van der Waals surface area contributed by atoms with E-state index in [0.29, 0.717) is 10.8 Å². The first-order chi connectivity index (χ1) is 14.3. The Kier molecular flexibility index (Phi) is 11.2. The van der Waals surface area contributed by atoms with Crippen LogP contribution in [-0.4, -0.2) is 0 Å². The van der Waals surface area contributed by atoms with Crippen LogP contribution in [0.15, 0.2) is 36.5 Å². The first-order valence-corrected chi connectivity index (χ1v) is 13.3. The Morgan fingerprint density at radius 2 is 1.60 bits per heavy atom. The minimum Gasteiger partial charge on any atom is -0.103 e. The summed E-state index contributed by atoms with van der Waals surface area (Å²) in [7, 11) is 0. The van der Waals surface area contributed by atoms with Crippen LogP contribution in [0, 0.1) is 34.5 Å². The Hall–Kier alpha value is -0.780. The highest BCUT2D eigenvalue weighted by molar-refractivity contribution is 5.33. The maximum Gasteiger partial charge on any atom is 0 e. The zero-order valence-electron chi connectivity index (χ0n) is 21.9. The molecule has 4 aliphatic rings. The lowest BCUT2D eigenvalue weighted by atomic mass is 9.46. The first-order valence-electron chi connectivity index (χ1n) is 13.3. The van der Waals surface area contributed by atoms with Crippen LogP contribution in [0.25, 0.3) is 0 Å². The Morgan fingerprint density at radius 3 is 2.17 bits per heavy atom. The molecule has 0 N–H and O–H groups in total. The van der Waals surface area contributed by atoms with Crippen LogP contribution in [0.2, 0.25) is 0 Å². The zero-order chi connectivity index (χ0) is 22.9. The van der Waals surface area contributed by atoms with Gasteiger partial charge in [0.2, 0.25) is 0 Å². The predicted molar refractivity (Wildman–Crippen MR) is 140 cm³/mol. The predicted octanol–water partition coefficient (Wildman–Crippen LogP) is 10.4. The Morgan fingerprint density at radius 1 is 1.00 bits per heavy atom. The molecular formula is C30H56. The average Bonchev–Trinajstić information content (AvgIpc) is 3.07. The molecule has 0 aromatic carbocycles. The van der Waals surface area contributed by atoms with Crippen LogP contribution in [0.4, 0.5) is 0 Å². The number of hydrogen-bond donors (Lipinski definition) is 0. The third kappa shape index (κ3) is 5.34. The molecular weight excluding hydrogens is 360 g/mol. The molecule has 0 nitrogen and oxygen atoms in total. The van der Waals surface area contributed by atoms with Crippen molar-refractivity contribution in [3.63, 3.8) is 0 Å². The number of allylic oxidation sites excluding steroid dienone is 4. The number of rotatable bonds is 1. The van der Waals surface area contributed by atoms with Gasteiger partial charge in [0.1, 0.15) is 0 Å². The summed E-state index contributed by atoms with van der Waals surface area (Å²) in [5.41, 5.74) is 4.33. The van der Waals surface area contributed by atoms with Crippen molar-refractivity contribution >= 4 is 0 Å². The van der Waals surface area contributed by atoms with Gasteiger partial charge in [-0.05, 0) is 92.8 Å². The van der Waals surface area contributed by atoms with Gasteiger partial charge in [0.05, 0.1) is 0 Å². The smallest absolute Gasteiger partial charge is 0 e. The SMILES string of the molecule is C=C1C=C2CCC3C(CCC4(C)C(CC)CCC34)C2(C)CC1.C=CC.CC.CCC.[HH]. The van der Waals surface area contributed by atoms with Gasteiger partial charge in [-0.3, -0.25) is 0 Å². The molecule has 0 bridgehead atoms. The highest BCUT2D eigenvalue weighted by Crippen LogP contribution is 2.67. The summed E-state index contributed by atoms with van der Waals surface area (Å²) in [4.78, 5) is 0. The van der Waals surface area contributed by atoms with Crippen molar-refractivity contribution in [3.8, 4) is 0 Å². The Balaban J connectivity index is 0.000000887. The molecule has 176 valence electrons. The molecule has 6 unspecified atom stereocenters. The summed E-state index contributed by atoms with van der Waals surface area (Å²) in [6.45, 7) is 25.4. The third-order valence-corrected chi connectivity index (χ3v) is 8.77. The van der Waals surface area contributed by atoms with Crippen molar-refractivity contribution < 1.29 is 1.43 Å². The summed E-state index contributed by atoms with van der Waals surface area (Å²) in [6, 6.07) is 0. The Labute approximate surface area is 192 Å². The van der Waals surface area contributed by atoms with E-state index < -0.39 is 0 Å². The molecule has 4 rings (SSSR count). The van der Waals surface area contributed by atoms with Crippen LogP contribution in [0.5, 0.6) is 0 Å². The normalized spacial score (nSPS) is 38.5. The molecule has 6 atom stereocenters. The van der Waals surface area contributed by atoms with Gasteiger partial charge in [-0.1, -0.05) is 91.2 Å².